The maximum Gasteiger partial charge on any atom is 0.225 e. The second-order valence-electron chi connectivity index (χ2n) is 6.11. The Kier molecular flexibility index (Phi) is 4.14. The fourth-order valence-electron chi connectivity index (χ4n) is 2.98. The predicted molar refractivity (Wildman–Crippen MR) is 90.9 cm³/mol. The molecule has 1 aliphatic carbocycles. The minimum atomic E-state index is -0.180. The van der Waals surface area contributed by atoms with Crippen molar-refractivity contribution >= 4 is 11.6 Å². The predicted octanol–water partition coefficient (Wildman–Crippen LogP) is 4.10. The summed E-state index contributed by atoms with van der Waals surface area (Å²) in [6, 6.07) is 7.84. The van der Waals surface area contributed by atoms with Gasteiger partial charge in [0.15, 0.2) is 11.5 Å². The average molecular weight is 324 g/mol. The molecule has 0 bridgehead atoms. The number of benzene rings is 1. The topological polar surface area (TPSA) is 56.5 Å². The maximum absolute atomic E-state index is 12.5. The quantitative estimate of drug-likeness (QED) is 0.849. The number of carbonyl (C=O) groups is 2. The number of hydrogen-bond donors (Lipinski definition) is 0. The lowest BCUT2D eigenvalue weighted by molar-refractivity contribution is 0.0955. The van der Waals surface area contributed by atoms with Gasteiger partial charge in [-0.3, -0.25) is 9.59 Å². The second-order valence-corrected chi connectivity index (χ2v) is 6.11. The highest BCUT2D eigenvalue weighted by Gasteiger charge is 2.34. The number of ketones is 2. The summed E-state index contributed by atoms with van der Waals surface area (Å²) < 4.78 is 10.9. The van der Waals surface area contributed by atoms with E-state index in [4.69, 9.17) is 9.15 Å². The van der Waals surface area contributed by atoms with Crippen molar-refractivity contribution in [1.29, 1.82) is 0 Å². The van der Waals surface area contributed by atoms with Gasteiger partial charge in [-0.05, 0) is 44.9 Å². The Morgan fingerprint density at radius 3 is 2.17 bits per heavy atom. The van der Waals surface area contributed by atoms with E-state index in [9.17, 15) is 9.59 Å². The molecule has 0 unspecified atom stereocenters. The molecule has 1 aliphatic rings. The van der Waals surface area contributed by atoms with Gasteiger partial charge in [0.2, 0.25) is 5.78 Å². The minimum Gasteiger partial charge on any atom is -0.497 e. The highest BCUT2D eigenvalue weighted by molar-refractivity contribution is 6.26. The van der Waals surface area contributed by atoms with E-state index in [1.807, 2.05) is 31.2 Å². The number of methoxy groups -OCH3 is 1. The standard InChI is InChI=1S/C20H20O4/c1-11-12(2)19(22)20-17(18(11)21)13(3)16(24-20)10-7-14-5-8-15(23-4)9-6-14/h5-6,8-9H,7,10H2,1-4H3. The maximum atomic E-state index is 12.5. The number of hydrogen-bond acceptors (Lipinski definition) is 4. The van der Waals surface area contributed by atoms with Crippen LogP contribution in [0.25, 0.3) is 0 Å². The zero-order valence-electron chi connectivity index (χ0n) is 14.4. The third kappa shape index (κ3) is 2.58. The first-order chi connectivity index (χ1) is 11.4. The molecule has 0 saturated carbocycles. The Balaban J connectivity index is 1.85. The lowest BCUT2D eigenvalue weighted by atomic mass is 9.88. The SMILES string of the molecule is COc1ccc(CCc2oc3c(c2C)C(=O)C(C)=C(C)C3=O)cc1. The van der Waals surface area contributed by atoms with E-state index in [-0.39, 0.29) is 17.3 Å². The van der Waals surface area contributed by atoms with Crippen LogP contribution in [-0.4, -0.2) is 18.7 Å². The number of allylic oxidation sites excluding steroid dienone is 2. The van der Waals surface area contributed by atoms with Crippen LogP contribution in [0.5, 0.6) is 5.75 Å². The molecule has 124 valence electrons. The van der Waals surface area contributed by atoms with Gasteiger partial charge in [-0.25, -0.2) is 0 Å². The lowest BCUT2D eigenvalue weighted by Gasteiger charge is -2.11. The van der Waals surface area contributed by atoms with Crippen molar-refractivity contribution in [3.8, 4) is 5.75 Å². The Morgan fingerprint density at radius 2 is 1.54 bits per heavy atom. The molecule has 0 spiro atoms. The van der Waals surface area contributed by atoms with Crippen LogP contribution in [0.1, 0.15) is 51.6 Å². The van der Waals surface area contributed by atoms with Crippen molar-refractivity contribution in [2.24, 2.45) is 0 Å². The minimum absolute atomic E-state index is 0.0981. The van der Waals surface area contributed by atoms with Crippen LogP contribution in [0.15, 0.2) is 39.8 Å². The van der Waals surface area contributed by atoms with Crippen LogP contribution in [0.3, 0.4) is 0 Å². The number of Topliss-reactive ketones (excluding diaryl/α,β-unsaturated/α-hetero) is 2. The number of carbonyl (C=O) groups excluding carboxylic acids is 2. The van der Waals surface area contributed by atoms with Gasteiger partial charge in [-0.2, -0.15) is 0 Å². The molecular weight excluding hydrogens is 304 g/mol. The van der Waals surface area contributed by atoms with Crippen molar-refractivity contribution < 1.29 is 18.7 Å². The van der Waals surface area contributed by atoms with E-state index in [1.54, 1.807) is 21.0 Å². The molecule has 0 radical (unpaired) electrons. The fourth-order valence-corrected chi connectivity index (χ4v) is 2.98. The summed E-state index contributed by atoms with van der Waals surface area (Å²) in [5.41, 5.74) is 3.35. The van der Waals surface area contributed by atoms with E-state index in [0.29, 0.717) is 28.9 Å². The molecule has 4 nitrogen and oxygen atoms in total. The van der Waals surface area contributed by atoms with Crippen LogP contribution in [0, 0.1) is 6.92 Å². The Labute approximate surface area is 141 Å². The van der Waals surface area contributed by atoms with Crippen molar-refractivity contribution in [3.05, 3.63) is 63.6 Å². The Bertz CT molecular complexity index is 851. The number of fused-ring (bicyclic) bond motifs is 1. The summed E-state index contributed by atoms with van der Waals surface area (Å²) in [7, 11) is 1.64. The van der Waals surface area contributed by atoms with E-state index in [1.165, 1.54) is 0 Å². The molecule has 2 aromatic rings. The van der Waals surface area contributed by atoms with Crippen molar-refractivity contribution in [1.82, 2.24) is 0 Å². The molecule has 1 aromatic heterocycles. The number of ether oxygens (including phenoxy) is 1. The molecule has 1 heterocycles. The zero-order chi connectivity index (χ0) is 17.4. The van der Waals surface area contributed by atoms with Crippen LogP contribution in [0.2, 0.25) is 0 Å². The normalized spacial score (nSPS) is 14.2. The summed E-state index contributed by atoms with van der Waals surface area (Å²) in [5.74, 6) is 1.45. The molecule has 0 aliphatic heterocycles. The van der Waals surface area contributed by atoms with Crippen LogP contribution < -0.4 is 4.74 Å². The molecular formula is C20H20O4. The van der Waals surface area contributed by atoms with Crippen LogP contribution >= 0.6 is 0 Å². The first kappa shape index (κ1) is 16.2. The van der Waals surface area contributed by atoms with Crippen LogP contribution in [0.4, 0.5) is 0 Å². The highest BCUT2D eigenvalue weighted by atomic mass is 16.5. The highest BCUT2D eigenvalue weighted by Crippen LogP contribution is 2.32. The van der Waals surface area contributed by atoms with Gasteiger partial charge in [-0.15, -0.1) is 0 Å². The second kappa shape index (κ2) is 6.11. The van der Waals surface area contributed by atoms with Gasteiger partial charge in [0.1, 0.15) is 11.5 Å². The number of aryl methyl sites for hydroxylation is 2. The monoisotopic (exact) mass is 324 g/mol. The fraction of sp³-hybridized carbons (Fsp3) is 0.300. The van der Waals surface area contributed by atoms with Crippen molar-refractivity contribution in [3.63, 3.8) is 0 Å². The van der Waals surface area contributed by atoms with Gasteiger partial charge < -0.3 is 9.15 Å². The van der Waals surface area contributed by atoms with Gasteiger partial charge in [0, 0.05) is 23.1 Å². The Hall–Kier alpha value is -2.62. The van der Waals surface area contributed by atoms with Gasteiger partial charge in [0.25, 0.3) is 0 Å². The molecule has 0 amide bonds. The summed E-state index contributed by atoms with van der Waals surface area (Å²) in [6.07, 6.45) is 1.41. The molecule has 0 atom stereocenters. The van der Waals surface area contributed by atoms with Gasteiger partial charge in [0.05, 0.1) is 12.7 Å². The summed E-state index contributed by atoms with van der Waals surface area (Å²) >= 11 is 0. The summed E-state index contributed by atoms with van der Waals surface area (Å²) in [4.78, 5) is 24.8. The summed E-state index contributed by atoms with van der Waals surface area (Å²) in [6.45, 7) is 5.22. The smallest absolute Gasteiger partial charge is 0.225 e. The molecule has 0 fully saturated rings. The first-order valence-corrected chi connectivity index (χ1v) is 7.96. The lowest BCUT2D eigenvalue weighted by Crippen LogP contribution is -2.18. The van der Waals surface area contributed by atoms with E-state index >= 15 is 0 Å². The number of rotatable bonds is 4. The van der Waals surface area contributed by atoms with Crippen molar-refractivity contribution in [2.45, 2.75) is 33.6 Å². The van der Waals surface area contributed by atoms with E-state index in [0.717, 1.165) is 23.3 Å². The number of furan rings is 1. The molecule has 24 heavy (non-hydrogen) atoms. The molecule has 0 N–H and O–H groups in total. The van der Waals surface area contributed by atoms with E-state index < -0.39 is 0 Å². The molecule has 3 rings (SSSR count). The Morgan fingerprint density at radius 1 is 0.917 bits per heavy atom. The third-order valence-electron chi connectivity index (χ3n) is 4.72. The zero-order valence-corrected chi connectivity index (χ0v) is 14.4. The molecule has 0 saturated heterocycles. The largest absolute Gasteiger partial charge is 0.497 e. The van der Waals surface area contributed by atoms with Crippen molar-refractivity contribution in [2.75, 3.05) is 7.11 Å². The first-order valence-electron chi connectivity index (χ1n) is 7.96. The summed E-state index contributed by atoms with van der Waals surface area (Å²) in [5, 5.41) is 0. The van der Waals surface area contributed by atoms with Gasteiger partial charge >= 0.3 is 0 Å². The van der Waals surface area contributed by atoms with Crippen LogP contribution in [-0.2, 0) is 12.8 Å². The third-order valence-corrected chi connectivity index (χ3v) is 4.72. The average Bonchev–Trinajstić information content (AvgIpc) is 2.93. The molecule has 4 heteroatoms. The molecule has 1 aromatic carbocycles. The van der Waals surface area contributed by atoms with Gasteiger partial charge in [-0.1, -0.05) is 12.1 Å². The van der Waals surface area contributed by atoms with E-state index in [2.05, 4.69) is 0 Å².